The predicted molar refractivity (Wildman–Crippen MR) is 77.1 cm³/mol. The van der Waals surface area contributed by atoms with Crippen molar-refractivity contribution >= 4 is 11.0 Å². The van der Waals surface area contributed by atoms with Crippen molar-refractivity contribution in [3.63, 3.8) is 0 Å². The van der Waals surface area contributed by atoms with Crippen LogP contribution in [0.1, 0.15) is 5.82 Å². The molecule has 0 radical (unpaired) electrons. The molecule has 0 saturated carbocycles. The fourth-order valence-electron chi connectivity index (χ4n) is 2.28. The van der Waals surface area contributed by atoms with Gasteiger partial charge in [-0.15, -0.1) is 0 Å². The second-order valence-corrected chi connectivity index (χ2v) is 4.97. The standard InChI is InChI=1S/C14H18N6/c1-18(7-8-20-11-15-10-16-20)9-14-17-12-5-3-4-6-13(12)19(14)2/h3-6,10-11H,7-9H2,1-2H3. The average molecular weight is 270 g/mol. The van der Waals surface area contributed by atoms with Crippen LogP contribution in [0.2, 0.25) is 0 Å². The lowest BCUT2D eigenvalue weighted by molar-refractivity contribution is 0.295. The lowest BCUT2D eigenvalue weighted by Gasteiger charge is -2.16. The number of likely N-dealkylation sites (N-methyl/N-ethyl adjacent to an activating group) is 1. The van der Waals surface area contributed by atoms with E-state index in [4.69, 9.17) is 0 Å². The molecule has 0 aliphatic rings. The highest BCUT2D eigenvalue weighted by Crippen LogP contribution is 2.15. The van der Waals surface area contributed by atoms with Crippen molar-refractivity contribution in [3.8, 4) is 0 Å². The molecule has 6 nitrogen and oxygen atoms in total. The number of para-hydroxylation sites is 2. The van der Waals surface area contributed by atoms with Crippen LogP contribution in [-0.4, -0.2) is 42.8 Å². The van der Waals surface area contributed by atoms with Crippen molar-refractivity contribution in [1.82, 2.24) is 29.2 Å². The molecule has 0 amide bonds. The minimum Gasteiger partial charge on any atom is -0.330 e. The Balaban J connectivity index is 1.67. The zero-order chi connectivity index (χ0) is 13.9. The second-order valence-electron chi connectivity index (χ2n) is 4.97. The summed E-state index contributed by atoms with van der Waals surface area (Å²) in [5.41, 5.74) is 2.22. The summed E-state index contributed by atoms with van der Waals surface area (Å²) in [6.45, 7) is 2.56. The average Bonchev–Trinajstić information content (AvgIpc) is 3.07. The lowest BCUT2D eigenvalue weighted by atomic mass is 10.3. The van der Waals surface area contributed by atoms with Gasteiger partial charge in [-0.1, -0.05) is 12.1 Å². The van der Waals surface area contributed by atoms with Gasteiger partial charge in [-0.3, -0.25) is 9.58 Å². The number of imidazole rings is 1. The number of benzene rings is 1. The van der Waals surface area contributed by atoms with E-state index >= 15 is 0 Å². The topological polar surface area (TPSA) is 51.8 Å². The first-order valence-electron chi connectivity index (χ1n) is 6.65. The molecule has 3 aromatic rings. The summed E-state index contributed by atoms with van der Waals surface area (Å²) in [4.78, 5) is 10.9. The number of nitrogens with zero attached hydrogens (tertiary/aromatic N) is 6. The van der Waals surface area contributed by atoms with Gasteiger partial charge in [0.2, 0.25) is 0 Å². The molecule has 2 aromatic heterocycles. The zero-order valence-electron chi connectivity index (χ0n) is 11.8. The van der Waals surface area contributed by atoms with E-state index in [-0.39, 0.29) is 0 Å². The quantitative estimate of drug-likeness (QED) is 0.701. The molecule has 3 rings (SSSR count). The molecule has 0 aliphatic heterocycles. The molecule has 0 fully saturated rings. The van der Waals surface area contributed by atoms with Gasteiger partial charge < -0.3 is 4.57 Å². The number of rotatable bonds is 5. The fourth-order valence-corrected chi connectivity index (χ4v) is 2.28. The summed E-state index contributed by atoms with van der Waals surface area (Å²) < 4.78 is 3.99. The molecule has 0 atom stereocenters. The van der Waals surface area contributed by atoms with Crippen molar-refractivity contribution in [2.45, 2.75) is 13.1 Å². The normalized spacial score (nSPS) is 11.6. The molecular weight excluding hydrogens is 252 g/mol. The highest BCUT2D eigenvalue weighted by Gasteiger charge is 2.09. The van der Waals surface area contributed by atoms with E-state index in [1.54, 1.807) is 12.7 Å². The smallest absolute Gasteiger partial charge is 0.137 e. The van der Waals surface area contributed by atoms with Gasteiger partial charge in [-0.05, 0) is 19.2 Å². The molecular formula is C14H18N6. The molecule has 1 aromatic carbocycles. The van der Waals surface area contributed by atoms with Crippen LogP contribution in [0.4, 0.5) is 0 Å². The summed E-state index contributed by atoms with van der Waals surface area (Å²) in [5, 5.41) is 4.11. The Labute approximate surface area is 117 Å². The van der Waals surface area contributed by atoms with Crippen molar-refractivity contribution in [2.24, 2.45) is 7.05 Å². The maximum Gasteiger partial charge on any atom is 0.137 e. The summed E-state index contributed by atoms with van der Waals surface area (Å²) in [5.74, 6) is 1.08. The number of hydrogen-bond acceptors (Lipinski definition) is 4. The van der Waals surface area contributed by atoms with Crippen molar-refractivity contribution in [1.29, 1.82) is 0 Å². The van der Waals surface area contributed by atoms with Gasteiger partial charge in [-0.25, -0.2) is 9.97 Å². The Hall–Kier alpha value is -2.21. The summed E-state index contributed by atoms with van der Waals surface area (Å²) in [6.07, 6.45) is 3.30. The van der Waals surface area contributed by atoms with Gasteiger partial charge >= 0.3 is 0 Å². The minimum absolute atomic E-state index is 0.819. The molecule has 20 heavy (non-hydrogen) atoms. The highest BCUT2D eigenvalue weighted by molar-refractivity contribution is 5.75. The van der Waals surface area contributed by atoms with Crippen LogP contribution in [-0.2, 0) is 20.1 Å². The number of hydrogen-bond donors (Lipinski definition) is 0. The van der Waals surface area contributed by atoms with Crippen molar-refractivity contribution in [3.05, 3.63) is 42.7 Å². The molecule has 0 aliphatic carbocycles. The SMILES string of the molecule is CN(CCn1cncn1)Cc1nc2ccccc2n1C. The van der Waals surface area contributed by atoms with Crippen LogP contribution in [0.25, 0.3) is 11.0 Å². The van der Waals surface area contributed by atoms with Gasteiger partial charge in [0, 0.05) is 13.6 Å². The van der Waals surface area contributed by atoms with E-state index in [0.717, 1.165) is 31.0 Å². The third-order valence-corrected chi connectivity index (χ3v) is 3.47. The number of fused-ring (bicyclic) bond motifs is 1. The van der Waals surface area contributed by atoms with Gasteiger partial charge in [0.15, 0.2) is 0 Å². The van der Waals surface area contributed by atoms with Crippen LogP contribution in [0.5, 0.6) is 0 Å². The van der Waals surface area contributed by atoms with Crippen LogP contribution in [0, 0.1) is 0 Å². The Morgan fingerprint density at radius 3 is 2.85 bits per heavy atom. The van der Waals surface area contributed by atoms with E-state index in [1.165, 1.54) is 5.52 Å². The summed E-state index contributed by atoms with van der Waals surface area (Å²) in [6, 6.07) is 8.21. The van der Waals surface area contributed by atoms with E-state index in [2.05, 4.69) is 44.7 Å². The molecule has 2 heterocycles. The maximum atomic E-state index is 4.68. The lowest BCUT2D eigenvalue weighted by Crippen LogP contribution is -2.24. The monoisotopic (exact) mass is 270 g/mol. The molecule has 0 spiro atoms. The first-order chi connectivity index (χ1) is 9.74. The van der Waals surface area contributed by atoms with Crippen molar-refractivity contribution in [2.75, 3.05) is 13.6 Å². The number of aromatic nitrogens is 5. The van der Waals surface area contributed by atoms with Gasteiger partial charge in [0.1, 0.15) is 18.5 Å². The third kappa shape index (κ3) is 2.55. The fraction of sp³-hybridized carbons (Fsp3) is 0.357. The molecule has 0 bridgehead atoms. The predicted octanol–water partition coefficient (Wildman–Crippen LogP) is 1.30. The molecule has 0 N–H and O–H groups in total. The zero-order valence-corrected chi connectivity index (χ0v) is 11.8. The summed E-state index contributed by atoms with van der Waals surface area (Å²) >= 11 is 0. The number of aryl methyl sites for hydroxylation is 1. The Kier molecular flexibility index (Phi) is 3.47. The van der Waals surface area contributed by atoms with Crippen LogP contribution >= 0.6 is 0 Å². The maximum absolute atomic E-state index is 4.68. The van der Waals surface area contributed by atoms with E-state index in [9.17, 15) is 0 Å². The molecule has 6 heteroatoms. The van der Waals surface area contributed by atoms with Crippen LogP contribution in [0.15, 0.2) is 36.9 Å². The van der Waals surface area contributed by atoms with Crippen LogP contribution in [0.3, 0.4) is 0 Å². The highest BCUT2D eigenvalue weighted by atomic mass is 15.3. The van der Waals surface area contributed by atoms with Crippen LogP contribution < -0.4 is 0 Å². The molecule has 104 valence electrons. The van der Waals surface area contributed by atoms with Gasteiger partial charge in [0.25, 0.3) is 0 Å². The van der Waals surface area contributed by atoms with Gasteiger partial charge in [-0.2, -0.15) is 5.10 Å². The van der Waals surface area contributed by atoms with Crippen molar-refractivity contribution < 1.29 is 0 Å². The van der Waals surface area contributed by atoms with E-state index < -0.39 is 0 Å². The first kappa shape index (κ1) is 12.8. The minimum atomic E-state index is 0.819. The Morgan fingerprint density at radius 2 is 2.10 bits per heavy atom. The summed E-state index contributed by atoms with van der Waals surface area (Å²) in [7, 11) is 4.16. The molecule has 0 unspecified atom stereocenters. The van der Waals surface area contributed by atoms with E-state index in [1.807, 2.05) is 22.9 Å². The Morgan fingerprint density at radius 1 is 1.25 bits per heavy atom. The molecule has 0 saturated heterocycles. The van der Waals surface area contributed by atoms with E-state index in [0.29, 0.717) is 0 Å². The first-order valence-corrected chi connectivity index (χ1v) is 6.65. The Bertz CT molecular complexity index is 685. The third-order valence-electron chi connectivity index (χ3n) is 3.47. The second kappa shape index (κ2) is 5.42. The largest absolute Gasteiger partial charge is 0.330 e. The van der Waals surface area contributed by atoms with Gasteiger partial charge in [0.05, 0.1) is 24.1 Å².